The van der Waals surface area contributed by atoms with E-state index in [1.54, 1.807) is 4.90 Å². The molecule has 0 heterocycles. The highest BCUT2D eigenvalue weighted by molar-refractivity contribution is 5.93. The summed E-state index contributed by atoms with van der Waals surface area (Å²) in [6.07, 6.45) is 4.19. The number of carbonyl (C=O) groups is 3. The van der Waals surface area contributed by atoms with E-state index in [-0.39, 0.29) is 19.0 Å². The van der Waals surface area contributed by atoms with Crippen LogP contribution in [0.1, 0.15) is 32.1 Å². The average molecular weight is 257 g/mol. The molecule has 0 aliphatic heterocycles. The van der Waals surface area contributed by atoms with E-state index in [2.05, 4.69) is 0 Å². The number of nitrogens with zero attached hydrogens (tertiary/aromatic N) is 1. The minimum absolute atomic E-state index is 0.0749. The standard InChI is InChI=1S/C11H19N3O4/c12-11(18)13-9(15)5-6-14(7-10(16)17)8-3-1-2-4-8/h8H,1-7H2,(H,16,17)(H3,12,13,15,18). The number of hydrogen-bond donors (Lipinski definition) is 3. The Balaban J connectivity index is 2.42. The van der Waals surface area contributed by atoms with Gasteiger partial charge in [0.2, 0.25) is 5.91 Å². The molecule has 1 fully saturated rings. The maximum absolute atomic E-state index is 11.3. The number of carbonyl (C=O) groups excluding carboxylic acids is 2. The van der Waals surface area contributed by atoms with E-state index >= 15 is 0 Å². The normalized spacial score (nSPS) is 15.8. The molecule has 0 atom stereocenters. The van der Waals surface area contributed by atoms with Crippen molar-refractivity contribution in [2.45, 2.75) is 38.1 Å². The number of primary amides is 1. The zero-order valence-electron chi connectivity index (χ0n) is 10.2. The zero-order chi connectivity index (χ0) is 13.5. The molecule has 7 nitrogen and oxygen atoms in total. The molecule has 3 amide bonds. The van der Waals surface area contributed by atoms with Gasteiger partial charge in [0, 0.05) is 19.0 Å². The third-order valence-electron chi connectivity index (χ3n) is 3.07. The van der Waals surface area contributed by atoms with E-state index in [4.69, 9.17) is 10.8 Å². The summed E-state index contributed by atoms with van der Waals surface area (Å²) in [6, 6.07) is -0.659. The molecular formula is C11H19N3O4. The number of imide groups is 1. The lowest BCUT2D eigenvalue weighted by atomic mass is 10.2. The van der Waals surface area contributed by atoms with E-state index in [1.807, 2.05) is 5.32 Å². The highest BCUT2D eigenvalue weighted by atomic mass is 16.4. The quantitative estimate of drug-likeness (QED) is 0.615. The van der Waals surface area contributed by atoms with Crippen LogP contribution in [0.15, 0.2) is 0 Å². The van der Waals surface area contributed by atoms with Gasteiger partial charge in [0.15, 0.2) is 0 Å². The Morgan fingerprint density at radius 1 is 1.28 bits per heavy atom. The Kier molecular flexibility index (Phi) is 5.57. The van der Waals surface area contributed by atoms with Crippen molar-refractivity contribution in [1.82, 2.24) is 10.2 Å². The van der Waals surface area contributed by atoms with Crippen LogP contribution in [0.4, 0.5) is 4.79 Å². The fraction of sp³-hybridized carbons (Fsp3) is 0.727. The van der Waals surface area contributed by atoms with Gasteiger partial charge in [0.25, 0.3) is 0 Å². The lowest BCUT2D eigenvalue weighted by Crippen LogP contribution is -2.41. The van der Waals surface area contributed by atoms with Gasteiger partial charge in [0.05, 0.1) is 6.54 Å². The average Bonchev–Trinajstić information content (AvgIpc) is 2.75. The van der Waals surface area contributed by atoms with Gasteiger partial charge in [-0.3, -0.25) is 19.8 Å². The van der Waals surface area contributed by atoms with Crippen molar-refractivity contribution in [3.63, 3.8) is 0 Å². The monoisotopic (exact) mass is 257 g/mol. The van der Waals surface area contributed by atoms with Crippen LogP contribution < -0.4 is 11.1 Å². The van der Waals surface area contributed by atoms with Crippen LogP contribution in [0, 0.1) is 0 Å². The molecule has 1 aliphatic carbocycles. The van der Waals surface area contributed by atoms with E-state index in [0.29, 0.717) is 6.54 Å². The molecule has 0 saturated heterocycles. The van der Waals surface area contributed by atoms with E-state index < -0.39 is 17.9 Å². The summed E-state index contributed by atoms with van der Waals surface area (Å²) in [4.78, 5) is 34.3. The number of aliphatic carboxylic acids is 1. The van der Waals surface area contributed by atoms with E-state index in [1.165, 1.54) is 0 Å². The molecule has 0 unspecified atom stereocenters. The SMILES string of the molecule is NC(=O)NC(=O)CCN(CC(=O)O)C1CCCC1. The Hall–Kier alpha value is -1.63. The molecule has 0 aromatic rings. The van der Waals surface area contributed by atoms with Crippen LogP contribution in [-0.4, -0.2) is 47.0 Å². The molecular weight excluding hydrogens is 238 g/mol. The third kappa shape index (κ3) is 5.13. The highest BCUT2D eigenvalue weighted by Gasteiger charge is 2.24. The number of nitrogens with two attached hydrogens (primary N) is 1. The van der Waals surface area contributed by atoms with Gasteiger partial charge in [-0.1, -0.05) is 12.8 Å². The van der Waals surface area contributed by atoms with Crippen molar-refractivity contribution in [3.8, 4) is 0 Å². The summed E-state index contributed by atoms with van der Waals surface area (Å²) in [5.41, 5.74) is 4.82. The molecule has 4 N–H and O–H groups in total. The minimum Gasteiger partial charge on any atom is -0.480 e. The van der Waals surface area contributed by atoms with Gasteiger partial charge < -0.3 is 10.8 Å². The van der Waals surface area contributed by atoms with Crippen molar-refractivity contribution in [3.05, 3.63) is 0 Å². The van der Waals surface area contributed by atoms with Crippen LogP contribution in [0.5, 0.6) is 0 Å². The second-order valence-electron chi connectivity index (χ2n) is 4.46. The Bertz CT molecular complexity index is 326. The summed E-state index contributed by atoms with van der Waals surface area (Å²) < 4.78 is 0. The zero-order valence-corrected chi connectivity index (χ0v) is 10.2. The molecule has 102 valence electrons. The molecule has 7 heteroatoms. The van der Waals surface area contributed by atoms with E-state index in [0.717, 1.165) is 25.7 Å². The van der Waals surface area contributed by atoms with Gasteiger partial charge in [-0.05, 0) is 12.8 Å². The fourth-order valence-electron chi connectivity index (χ4n) is 2.28. The van der Waals surface area contributed by atoms with Crippen LogP contribution >= 0.6 is 0 Å². The van der Waals surface area contributed by atoms with Crippen molar-refractivity contribution in [2.75, 3.05) is 13.1 Å². The number of hydrogen-bond acceptors (Lipinski definition) is 4. The first-order chi connectivity index (χ1) is 8.49. The fourth-order valence-corrected chi connectivity index (χ4v) is 2.28. The molecule has 18 heavy (non-hydrogen) atoms. The second kappa shape index (κ2) is 6.95. The number of urea groups is 1. The Morgan fingerprint density at radius 3 is 2.39 bits per heavy atom. The van der Waals surface area contributed by atoms with Crippen LogP contribution in [-0.2, 0) is 9.59 Å². The first kappa shape index (κ1) is 14.4. The van der Waals surface area contributed by atoms with Crippen molar-refractivity contribution in [1.29, 1.82) is 0 Å². The number of carboxylic acid groups (broad SMARTS) is 1. The molecule has 0 aromatic heterocycles. The molecule has 1 aliphatic rings. The van der Waals surface area contributed by atoms with Crippen LogP contribution in [0.2, 0.25) is 0 Å². The predicted octanol–water partition coefficient (Wildman–Crippen LogP) is -0.0994. The highest BCUT2D eigenvalue weighted by Crippen LogP contribution is 2.23. The first-order valence-corrected chi connectivity index (χ1v) is 6.04. The van der Waals surface area contributed by atoms with Gasteiger partial charge in [-0.25, -0.2) is 4.79 Å². The number of amides is 3. The molecule has 1 saturated carbocycles. The van der Waals surface area contributed by atoms with Crippen molar-refractivity contribution >= 4 is 17.9 Å². The van der Waals surface area contributed by atoms with Crippen LogP contribution in [0.3, 0.4) is 0 Å². The predicted molar refractivity (Wildman–Crippen MR) is 63.8 cm³/mol. The lowest BCUT2D eigenvalue weighted by molar-refractivity contribution is -0.139. The second-order valence-corrected chi connectivity index (χ2v) is 4.46. The topological polar surface area (TPSA) is 113 Å². The van der Waals surface area contributed by atoms with E-state index in [9.17, 15) is 14.4 Å². The van der Waals surface area contributed by atoms with Crippen molar-refractivity contribution in [2.24, 2.45) is 5.73 Å². The van der Waals surface area contributed by atoms with Crippen molar-refractivity contribution < 1.29 is 19.5 Å². The Morgan fingerprint density at radius 2 is 1.89 bits per heavy atom. The van der Waals surface area contributed by atoms with Gasteiger partial charge >= 0.3 is 12.0 Å². The smallest absolute Gasteiger partial charge is 0.318 e. The van der Waals surface area contributed by atoms with Gasteiger partial charge in [0.1, 0.15) is 0 Å². The summed E-state index contributed by atoms with van der Waals surface area (Å²) in [5, 5.41) is 10.8. The minimum atomic E-state index is -0.905. The molecule has 0 aromatic carbocycles. The summed E-state index contributed by atoms with van der Waals surface area (Å²) >= 11 is 0. The molecule has 0 radical (unpaired) electrons. The summed E-state index contributed by atoms with van der Waals surface area (Å²) in [5.74, 6) is -1.38. The lowest BCUT2D eigenvalue weighted by Gasteiger charge is -2.26. The molecule has 0 bridgehead atoms. The number of nitrogens with one attached hydrogen (secondary N) is 1. The maximum Gasteiger partial charge on any atom is 0.318 e. The summed E-state index contributed by atoms with van der Waals surface area (Å²) in [7, 11) is 0. The van der Waals surface area contributed by atoms with Crippen LogP contribution in [0.25, 0.3) is 0 Å². The van der Waals surface area contributed by atoms with Gasteiger partial charge in [-0.15, -0.1) is 0 Å². The first-order valence-electron chi connectivity index (χ1n) is 6.04. The van der Waals surface area contributed by atoms with Gasteiger partial charge in [-0.2, -0.15) is 0 Å². The molecule has 0 spiro atoms. The molecule has 1 rings (SSSR count). The number of rotatable bonds is 6. The summed E-state index contributed by atoms with van der Waals surface area (Å²) in [6.45, 7) is 0.255. The number of carboxylic acids is 1. The Labute approximate surface area is 105 Å². The largest absolute Gasteiger partial charge is 0.480 e. The third-order valence-corrected chi connectivity index (χ3v) is 3.07. The maximum atomic E-state index is 11.3.